The summed E-state index contributed by atoms with van der Waals surface area (Å²) >= 11 is 0. The van der Waals surface area contributed by atoms with Crippen molar-refractivity contribution < 1.29 is 0 Å². The van der Waals surface area contributed by atoms with Crippen LogP contribution in [0, 0.1) is 22.7 Å². The van der Waals surface area contributed by atoms with Crippen LogP contribution < -0.4 is 0 Å². The third kappa shape index (κ3) is 4.89. The predicted molar refractivity (Wildman–Crippen MR) is 73.6 cm³/mol. The Balaban J connectivity index is 0.000000165. The molecule has 0 spiro atoms. The maximum atomic E-state index is 2.36. The normalized spacial score (nSPS) is 22.9. The number of hydrogen-bond acceptors (Lipinski definition) is 0. The molecule has 2 saturated carbocycles. The zero-order chi connectivity index (χ0) is 12.4. The molecule has 0 saturated heterocycles. The van der Waals surface area contributed by atoms with E-state index in [4.69, 9.17) is 0 Å². The van der Waals surface area contributed by atoms with Gasteiger partial charge in [-0.25, -0.2) is 0 Å². The molecule has 0 atom stereocenters. The smallest absolute Gasteiger partial charge is 0.0354 e. The van der Waals surface area contributed by atoms with Gasteiger partial charge in [-0.3, -0.25) is 0 Å². The highest BCUT2D eigenvalue weighted by molar-refractivity contribution is 4.84. The lowest BCUT2D eigenvalue weighted by atomic mass is 9.80. The summed E-state index contributed by atoms with van der Waals surface area (Å²) in [5.74, 6) is 2.06. The molecule has 0 aromatic carbocycles. The van der Waals surface area contributed by atoms with Crippen LogP contribution in [0.3, 0.4) is 0 Å². The van der Waals surface area contributed by atoms with E-state index in [0.29, 0.717) is 10.8 Å². The molecule has 0 aromatic rings. The average Bonchev–Trinajstić information content (AvgIpc) is 2.80. The van der Waals surface area contributed by atoms with Crippen LogP contribution in [0.1, 0.15) is 80.1 Å². The van der Waals surface area contributed by atoms with Crippen LogP contribution in [0.5, 0.6) is 0 Å². The standard InChI is InChI=1S/C9H18.C7H14/c1-9(2,3)8-6-4-5-7-8;1-7(2,3)6-4-5-6/h8H,4-7H2,1-3H3;6H,4-5H2,1-3H3. The summed E-state index contributed by atoms with van der Waals surface area (Å²) in [4.78, 5) is 0. The van der Waals surface area contributed by atoms with Crippen molar-refractivity contribution in [1.82, 2.24) is 0 Å². The van der Waals surface area contributed by atoms with E-state index in [1.165, 1.54) is 38.5 Å². The van der Waals surface area contributed by atoms with Crippen molar-refractivity contribution in [2.75, 3.05) is 0 Å². The van der Waals surface area contributed by atoms with Crippen molar-refractivity contribution in [3.63, 3.8) is 0 Å². The van der Waals surface area contributed by atoms with Gasteiger partial charge < -0.3 is 0 Å². The fraction of sp³-hybridized carbons (Fsp3) is 1.00. The van der Waals surface area contributed by atoms with E-state index in [-0.39, 0.29) is 0 Å². The minimum absolute atomic E-state index is 0.580. The summed E-state index contributed by atoms with van der Waals surface area (Å²) in [6.45, 7) is 14.1. The van der Waals surface area contributed by atoms with Gasteiger partial charge in [0.1, 0.15) is 0 Å². The Kier molecular flexibility index (Phi) is 4.49. The molecule has 2 aliphatic rings. The van der Waals surface area contributed by atoms with Gasteiger partial charge in [0.05, 0.1) is 0 Å². The van der Waals surface area contributed by atoms with Crippen LogP contribution >= 0.6 is 0 Å². The fourth-order valence-electron chi connectivity index (χ4n) is 2.74. The minimum Gasteiger partial charge on any atom is -0.0599 e. The molecule has 0 N–H and O–H groups in total. The first kappa shape index (κ1) is 14.1. The zero-order valence-corrected chi connectivity index (χ0v) is 12.4. The van der Waals surface area contributed by atoms with E-state index in [1.807, 2.05) is 0 Å². The average molecular weight is 224 g/mol. The third-order valence-electron chi connectivity index (χ3n) is 4.38. The van der Waals surface area contributed by atoms with Crippen molar-refractivity contribution in [3.8, 4) is 0 Å². The summed E-state index contributed by atoms with van der Waals surface area (Å²) in [7, 11) is 0. The van der Waals surface area contributed by atoms with Crippen LogP contribution in [-0.2, 0) is 0 Å². The summed E-state index contributed by atoms with van der Waals surface area (Å²) in [6.07, 6.45) is 8.85. The van der Waals surface area contributed by atoms with Gasteiger partial charge in [-0.1, -0.05) is 54.4 Å². The molecule has 2 aliphatic carbocycles. The molecule has 0 nitrogen and oxygen atoms in total. The van der Waals surface area contributed by atoms with E-state index in [9.17, 15) is 0 Å². The van der Waals surface area contributed by atoms with Gasteiger partial charge >= 0.3 is 0 Å². The number of hydrogen-bond donors (Lipinski definition) is 0. The second-order valence-electron chi connectivity index (χ2n) is 7.99. The monoisotopic (exact) mass is 224 g/mol. The van der Waals surface area contributed by atoms with E-state index in [0.717, 1.165) is 11.8 Å². The molecule has 0 bridgehead atoms. The SMILES string of the molecule is CC(C)(C)C1CC1.CC(C)(C)C1CCCC1. The maximum absolute atomic E-state index is 2.36. The minimum atomic E-state index is 0.580. The van der Waals surface area contributed by atoms with Gasteiger partial charge in [0.25, 0.3) is 0 Å². The lowest BCUT2D eigenvalue weighted by molar-refractivity contribution is 0.246. The first-order chi connectivity index (χ1) is 7.21. The molecule has 2 rings (SSSR count). The summed E-state index contributed by atoms with van der Waals surface area (Å²) in [6, 6.07) is 0. The molecule has 0 aromatic heterocycles. The zero-order valence-electron chi connectivity index (χ0n) is 12.4. The second kappa shape index (κ2) is 5.10. The van der Waals surface area contributed by atoms with Gasteiger partial charge in [0.2, 0.25) is 0 Å². The predicted octanol–water partition coefficient (Wildman–Crippen LogP) is 5.67. The van der Waals surface area contributed by atoms with Crippen molar-refractivity contribution in [2.45, 2.75) is 80.1 Å². The molecule has 0 heterocycles. The maximum Gasteiger partial charge on any atom is -0.0354 e. The van der Waals surface area contributed by atoms with Gasteiger partial charge in [-0.05, 0) is 48.3 Å². The fourth-order valence-corrected chi connectivity index (χ4v) is 2.74. The van der Waals surface area contributed by atoms with Crippen molar-refractivity contribution in [2.24, 2.45) is 22.7 Å². The summed E-state index contributed by atoms with van der Waals surface area (Å²) in [5.41, 5.74) is 1.19. The van der Waals surface area contributed by atoms with Gasteiger partial charge in [-0.15, -0.1) is 0 Å². The topological polar surface area (TPSA) is 0 Å². The Labute approximate surface area is 103 Å². The Hall–Kier alpha value is 0. The van der Waals surface area contributed by atoms with Crippen LogP contribution in [0.25, 0.3) is 0 Å². The van der Waals surface area contributed by atoms with Gasteiger partial charge in [-0.2, -0.15) is 0 Å². The van der Waals surface area contributed by atoms with Gasteiger partial charge in [0, 0.05) is 0 Å². The summed E-state index contributed by atoms with van der Waals surface area (Å²) < 4.78 is 0. The quantitative estimate of drug-likeness (QED) is 0.497. The van der Waals surface area contributed by atoms with E-state index in [2.05, 4.69) is 41.5 Å². The van der Waals surface area contributed by atoms with E-state index >= 15 is 0 Å². The molecule has 0 aliphatic heterocycles. The van der Waals surface area contributed by atoms with E-state index in [1.54, 1.807) is 0 Å². The Bertz CT molecular complexity index is 191. The molecule has 16 heavy (non-hydrogen) atoms. The van der Waals surface area contributed by atoms with Crippen LogP contribution in [0.2, 0.25) is 0 Å². The molecular weight excluding hydrogens is 192 g/mol. The molecule has 96 valence electrons. The lowest BCUT2D eigenvalue weighted by Gasteiger charge is -2.26. The highest BCUT2D eigenvalue weighted by atomic mass is 14.4. The Morgan fingerprint density at radius 1 is 0.562 bits per heavy atom. The van der Waals surface area contributed by atoms with Gasteiger partial charge in [0.15, 0.2) is 0 Å². The Morgan fingerprint density at radius 3 is 1.00 bits per heavy atom. The highest BCUT2D eigenvalue weighted by Gasteiger charge is 2.33. The molecule has 0 radical (unpaired) electrons. The van der Waals surface area contributed by atoms with Crippen LogP contribution in [0.4, 0.5) is 0 Å². The first-order valence-corrected chi connectivity index (χ1v) is 7.21. The number of rotatable bonds is 0. The Morgan fingerprint density at radius 2 is 0.875 bits per heavy atom. The third-order valence-corrected chi connectivity index (χ3v) is 4.38. The second-order valence-corrected chi connectivity index (χ2v) is 7.99. The van der Waals surface area contributed by atoms with Crippen LogP contribution in [0.15, 0.2) is 0 Å². The largest absolute Gasteiger partial charge is 0.0599 e. The van der Waals surface area contributed by atoms with Crippen molar-refractivity contribution in [1.29, 1.82) is 0 Å². The first-order valence-electron chi connectivity index (χ1n) is 7.21. The molecule has 0 unspecified atom stereocenters. The van der Waals surface area contributed by atoms with Crippen molar-refractivity contribution in [3.05, 3.63) is 0 Å². The molecular formula is C16H32. The molecule has 2 fully saturated rings. The molecule has 0 amide bonds. The van der Waals surface area contributed by atoms with E-state index < -0.39 is 0 Å². The van der Waals surface area contributed by atoms with Crippen LogP contribution in [-0.4, -0.2) is 0 Å². The lowest BCUT2D eigenvalue weighted by Crippen LogP contribution is -2.16. The van der Waals surface area contributed by atoms with Crippen molar-refractivity contribution >= 4 is 0 Å². The summed E-state index contributed by atoms with van der Waals surface area (Å²) in [5, 5.41) is 0. The molecule has 0 heteroatoms. The highest BCUT2D eigenvalue weighted by Crippen LogP contribution is 2.44.